The van der Waals surface area contributed by atoms with E-state index in [1.807, 2.05) is 0 Å². The van der Waals surface area contributed by atoms with Gasteiger partial charge < -0.3 is 5.11 Å². The van der Waals surface area contributed by atoms with Crippen LogP contribution in [0.3, 0.4) is 0 Å². The molecule has 94 valence electrons. The molecule has 6 heteroatoms. The summed E-state index contributed by atoms with van der Waals surface area (Å²) in [6.07, 6.45) is -0.257. The maximum absolute atomic E-state index is 11.1. The van der Waals surface area contributed by atoms with Crippen molar-refractivity contribution in [1.29, 1.82) is 0 Å². The van der Waals surface area contributed by atoms with Crippen LogP contribution in [0, 0.1) is 0 Å². The molecule has 0 aliphatic carbocycles. The molecule has 1 aromatic carbocycles. The largest absolute Gasteiger partial charge is 0.481 e. The molecular weight excluding hydrogens is 244 g/mol. The Hall–Kier alpha value is -1.40. The Balaban J connectivity index is 2.75. The van der Waals surface area contributed by atoms with Gasteiger partial charge in [0.25, 0.3) is 10.1 Å². The molecule has 1 atom stereocenters. The SMILES string of the molecule is O=C(O)CCC(Cc1ccccc1)S(=O)(=O)O. The van der Waals surface area contributed by atoms with Gasteiger partial charge in [0.2, 0.25) is 0 Å². The van der Waals surface area contributed by atoms with Crippen LogP contribution in [0.15, 0.2) is 30.3 Å². The minimum Gasteiger partial charge on any atom is -0.481 e. The van der Waals surface area contributed by atoms with Crippen molar-refractivity contribution < 1.29 is 22.9 Å². The fourth-order valence-electron chi connectivity index (χ4n) is 1.52. The van der Waals surface area contributed by atoms with Crippen molar-refractivity contribution in [3.8, 4) is 0 Å². The third-order valence-electron chi connectivity index (χ3n) is 2.41. The van der Waals surface area contributed by atoms with E-state index >= 15 is 0 Å². The van der Waals surface area contributed by atoms with Gasteiger partial charge >= 0.3 is 5.97 Å². The van der Waals surface area contributed by atoms with Crippen LogP contribution in [0.4, 0.5) is 0 Å². The molecule has 0 aliphatic heterocycles. The molecule has 0 radical (unpaired) electrons. The topological polar surface area (TPSA) is 91.7 Å². The van der Waals surface area contributed by atoms with E-state index in [2.05, 4.69) is 0 Å². The molecule has 1 unspecified atom stereocenters. The molecular formula is C11H14O5S. The van der Waals surface area contributed by atoms with E-state index in [0.717, 1.165) is 5.56 Å². The van der Waals surface area contributed by atoms with E-state index in [0.29, 0.717) is 0 Å². The average molecular weight is 258 g/mol. The second-order valence-corrected chi connectivity index (χ2v) is 5.46. The van der Waals surface area contributed by atoms with Crippen molar-refractivity contribution in [1.82, 2.24) is 0 Å². The predicted molar refractivity (Wildman–Crippen MR) is 62.4 cm³/mol. The summed E-state index contributed by atoms with van der Waals surface area (Å²) >= 11 is 0. The molecule has 1 aromatic rings. The third-order valence-corrected chi connectivity index (χ3v) is 3.65. The number of benzene rings is 1. The Kier molecular flexibility index (Phi) is 4.65. The number of carboxylic acid groups (broad SMARTS) is 1. The second kappa shape index (κ2) is 5.79. The first-order valence-corrected chi connectivity index (χ1v) is 6.62. The van der Waals surface area contributed by atoms with E-state index in [4.69, 9.17) is 9.66 Å². The van der Waals surface area contributed by atoms with E-state index < -0.39 is 21.3 Å². The molecule has 0 heterocycles. The predicted octanol–water partition coefficient (Wildman–Crippen LogP) is 1.35. The summed E-state index contributed by atoms with van der Waals surface area (Å²) in [5.41, 5.74) is 0.750. The highest BCUT2D eigenvalue weighted by Crippen LogP contribution is 2.14. The molecule has 1 rings (SSSR count). The van der Waals surface area contributed by atoms with Gasteiger partial charge in [-0.25, -0.2) is 0 Å². The summed E-state index contributed by atoms with van der Waals surface area (Å²) in [6, 6.07) is 8.78. The van der Waals surface area contributed by atoms with Crippen molar-refractivity contribution >= 4 is 16.1 Å². The van der Waals surface area contributed by atoms with Crippen molar-refractivity contribution in [3.05, 3.63) is 35.9 Å². The molecule has 2 N–H and O–H groups in total. The molecule has 17 heavy (non-hydrogen) atoms. The van der Waals surface area contributed by atoms with Crippen LogP contribution in [0.5, 0.6) is 0 Å². The molecule has 0 amide bonds. The lowest BCUT2D eigenvalue weighted by atomic mass is 10.1. The molecule has 0 spiro atoms. The highest BCUT2D eigenvalue weighted by Gasteiger charge is 2.23. The van der Waals surface area contributed by atoms with Gasteiger partial charge in [0.05, 0.1) is 5.25 Å². The third kappa shape index (κ3) is 4.97. The standard InChI is InChI=1S/C11H14O5S/c12-11(13)7-6-10(17(14,15)16)8-9-4-2-1-3-5-9/h1-5,10H,6-8H2,(H,12,13)(H,14,15,16). The Morgan fingerprint density at radius 3 is 2.29 bits per heavy atom. The summed E-state index contributed by atoms with van der Waals surface area (Å²) in [5.74, 6) is -1.08. The van der Waals surface area contributed by atoms with Crippen LogP contribution in [0.25, 0.3) is 0 Å². The number of carboxylic acids is 1. The van der Waals surface area contributed by atoms with Gasteiger partial charge in [-0.2, -0.15) is 8.42 Å². The lowest BCUT2D eigenvalue weighted by molar-refractivity contribution is -0.137. The molecule has 0 saturated carbocycles. The molecule has 5 nitrogen and oxygen atoms in total. The minimum atomic E-state index is -4.22. The average Bonchev–Trinajstić information content (AvgIpc) is 2.23. The maximum Gasteiger partial charge on any atom is 0.303 e. The van der Waals surface area contributed by atoms with Crippen LogP contribution in [-0.4, -0.2) is 29.3 Å². The Morgan fingerprint density at radius 2 is 1.82 bits per heavy atom. The lowest BCUT2D eigenvalue weighted by Crippen LogP contribution is -2.24. The van der Waals surface area contributed by atoms with Crippen LogP contribution in [0.2, 0.25) is 0 Å². The minimum absolute atomic E-state index is 0.0942. The van der Waals surface area contributed by atoms with Gasteiger partial charge in [-0.05, 0) is 18.4 Å². The van der Waals surface area contributed by atoms with Gasteiger partial charge in [0.1, 0.15) is 0 Å². The monoisotopic (exact) mass is 258 g/mol. The number of hydrogen-bond donors (Lipinski definition) is 2. The van der Waals surface area contributed by atoms with Gasteiger partial charge in [-0.1, -0.05) is 30.3 Å². The second-order valence-electron chi connectivity index (χ2n) is 3.76. The fraction of sp³-hybridized carbons (Fsp3) is 0.364. The Morgan fingerprint density at radius 1 is 1.24 bits per heavy atom. The van der Waals surface area contributed by atoms with Crippen molar-refractivity contribution in [2.24, 2.45) is 0 Å². The van der Waals surface area contributed by atoms with Crippen LogP contribution in [-0.2, 0) is 21.3 Å². The van der Waals surface area contributed by atoms with Gasteiger partial charge in [-0.3, -0.25) is 9.35 Å². The van der Waals surface area contributed by atoms with E-state index in [1.165, 1.54) is 0 Å². The van der Waals surface area contributed by atoms with E-state index in [9.17, 15) is 13.2 Å². The number of carbonyl (C=O) groups is 1. The zero-order valence-corrected chi connectivity index (χ0v) is 9.93. The summed E-state index contributed by atoms with van der Waals surface area (Å²) in [5, 5.41) is 7.45. The maximum atomic E-state index is 11.1. The number of hydrogen-bond acceptors (Lipinski definition) is 3. The van der Waals surface area contributed by atoms with Crippen LogP contribution >= 0.6 is 0 Å². The lowest BCUT2D eigenvalue weighted by Gasteiger charge is -2.12. The first kappa shape index (κ1) is 13.7. The van der Waals surface area contributed by atoms with E-state index in [-0.39, 0.29) is 19.3 Å². The quantitative estimate of drug-likeness (QED) is 0.751. The summed E-state index contributed by atoms with van der Waals surface area (Å²) < 4.78 is 31.3. The van der Waals surface area contributed by atoms with Crippen molar-refractivity contribution in [2.75, 3.05) is 0 Å². The van der Waals surface area contributed by atoms with Crippen LogP contribution in [0.1, 0.15) is 18.4 Å². The summed E-state index contributed by atoms with van der Waals surface area (Å²) in [4.78, 5) is 10.4. The fourth-order valence-corrected chi connectivity index (χ4v) is 2.34. The molecule has 0 aliphatic rings. The molecule has 0 bridgehead atoms. The highest BCUT2D eigenvalue weighted by atomic mass is 32.2. The van der Waals surface area contributed by atoms with E-state index in [1.54, 1.807) is 30.3 Å². The summed E-state index contributed by atoms with van der Waals surface area (Å²) in [7, 11) is -4.22. The Labute approximate surface area is 99.8 Å². The first-order chi connectivity index (χ1) is 7.89. The van der Waals surface area contributed by atoms with Gasteiger partial charge in [0.15, 0.2) is 0 Å². The zero-order valence-electron chi connectivity index (χ0n) is 9.11. The zero-order chi connectivity index (χ0) is 12.9. The summed E-state index contributed by atoms with van der Waals surface area (Å²) in [6.45, 7) is 0. The number of aliphatic carboxylic acids is 1. The van der Waals surface area contributed by atoms with Gasteiger partial charge in [-0.15, -0.1) is 0 Å². The normalized spacial score (nSPS) is 13.2. The molecule has 0 aromatic heterocycles. The number of rotatable bonds is 6. The van der Waals surface area contributed by atoms with Crippen LogP contribution < -0.4 is 0 Å². The Bertz CT molecular complexity index is 466. The molecule has 0 saturated heterocycles. The van der Waals surface area contributed by atoms with Gasteiger partial charge in [0, 0.05) is 6.42 Å². The smallest absolute Gasteiger partial charge is 0.303 e. The van der Waals surface area contributed by atoms with Crippen molar-refractivity contribution in [2.45, 2.75) is 24.5 Å². The molecule has 0 fully saturated rings. The van der Waals surface area contributed by atoms with Crippen molar-refractivity contribution in [3.63, 3.8) is 0 Å². The highest BCUT2D eigenvalue weighted by molar-refractivity contribution is 7.86. The first-order valence-electron chi connectivity index (χ1n) is 5.11.